The molecule has 138 valence electrons. The van der Waals surface area contributed by atoms with Crippen LogP contribution in [0.25, 0.3) is 11.5 Å². The number of thioether (sulfide) groups is 1. The lowest BCUT2D eigenvalue weighted by molar-refractivity contribution is -0.115. The van der Waals surface area contributed by atoms with Crippen molar-refractivity contribution in [2.75, 3.05) is 11.1 Å². The topological polar surface area (TPSA) is 85.1 Å². The number of anilines is 1. The number of nitrogens with one attached hydrogen (secondary N) is 1. The van der Waals surface area contributed by atoms with Gasteiger partial charge in [-0.05, 0) is 36.4 Å². The van der Waals surface area contributed by atoms with Gasteiger partial charge in [0.05, 0.1) is 11.3 Å². The van der Waals surface area contributed by atoms with Crippen molar-refractivity contribution < 1.29 is 18.4 Å². The Balaban J connectivity index is 1.59. The molecule has 0 spiro atoms. The first-order valence-electron chi connectivity index (χ1n) is 8.21. The van der Waals surface area contributed by atoms with Gasteiger partial charge in [0.1, 0.15) is 5.82 Å². The fraction of sp³-hybridized carbons (Fsp3) is 0.158. The number of carbonyl (C=O) groups excluding carboxylic acids is 2. The predicted molar refractivity (Wildman–Crippen MR) is 100 cm³/mol. The lowest BCUT2D eigenvalue weighted by Gasteiger charge is -2.04. The zero-order chi connectivity index (χ0) is 19.2. The Morgan fingerprint density at radius 3 is 2.56 bits per heavy atom. The second-order valence-corrected chi connectivity index (χ2v) is 6.47. The number of ketones is 1. The lowest BCUT2D eigenvalue weighted by Crippen LogP contribution is -2.09. The Morgan fingerprint density at radius 1 is 1.11 bits per heavy atom. The summed E-state index contributed by atoms with van der Waals surface area (Å²) in [6, 6.07) is 12.7. The van der Waals surface area contributed by atoms with Crippen LogP contribution in [0.3, 0.4) is 0 Å². The zero-order valence-corrected chi connectivity index (χ0v) is 15.3. The number of Topliss-reactive ketones (excluding diaryl/α,β-unsaturated/α-hetero) is 1. The van der Waals surface area contributed by atoms with E-state index in [0.29, 0.717) is 17.7 Å². The maximum absolute atomic E-state index is 13.7. The molecule has 0 atom stereocenters. The molecular weight excluding hydrogens is 369 g/mol. The number of carbonyl (C=O) groups is 2. The first-order valence-corrected chi connectivity index (χ1v) is 9.19. The van der Waals surface area contributed by atoms with Crippen LogP contribution in [-0.4, -0.2) is 27.6 Å². The molecule has 0 fully saturated rings. The van der Waals surface area contributed by atoms with E-state index in [-0.39, 0.29) is 34.1 Å². The molecule has 2 aromatic carbocycles. The average Bonchev–Trinajstić information content (AvgIpc) is 3.15. The molecule has 0 aliphatic carbocycles. The number of aromatic nitrogens is 2. The first kappa shape index (κ1) is 18.8. The van der Waals surface area contributed by atoms with E-state index in [1.54, 1.807) is 49.4 Å². The smallest absolute Gasteiger partial charge is 0.277 e. The number of benzene rings is 2. The predicted octanol–water partition coefficient (Wildman–Crippen LogP) is 4.20. The minimum Gasteiger partial charge on any atom is -0.411 e. The monoisotopic (exact) mass is 385 g/mol. The summed E-state index contributed by atoms with van der Waals surface area (Å²) in [5.41, 5.74) is 1.36. The maximum Gasteiger partial charge on any atom is 0.277 e. The van der Waals surface area contributed by atoms with Gasteiger partial charge >= 0.3 is 0 Å². The number of amides is 1. The van der Waals surface area contributed by atoms with E-state index in [0.717, 1.165) is 11.8 Å². The van der Waals surface area contributed by atoms with Crippen molar-refractivity contribution in [3.05, 3.63) is 59.9 Å². The van der Waals surface area contributed by atoms with E-state index in [4.69, 9.17) is 4.42 Å². The SMILES string of the molecule is CCC(=O)Nc1ccc(C(=O)CSc2nnc(-c3ccccc3F)o2)cc1. The Labute approximate surface area is 159 Å². The van der Waals surface area contributed by atoms with E-state index in [1.165, 1.54) is 6.07 Å². The molecule has 0 radical (unpaired) electrons. The van der Waals surface area contributed by atoms with Crippen molar-refractivity contribution in [1.82, 2.24) is 10.2 Å². The van der Waals surface area contributed by atoms with Crippen molar-refractivity contribution in [2.45, 2.75) is 18.6 Å². The van der Waals surface area contributed by atoms with Crippen LogP contribution in [-0.2, 0) is 4.79 Å². The van der Waals surface area contributed by atoms with Gasteiger partial charge in [0, 0.05) is 17.7 Å². The van der Waals surface area contributed by atoms with Gasteiger partial charge in [-0.3, -0.25) is 9.59 Å². The van der Waals surface area contributed by atoms with Crippen LogP contribution in [0.2, 0.25) is 0 Å². The van der Waals surface area contributed by atoms with E-state index in [2.05, 4.69) is 15.5 Å². The number of nitrogens with zero attached hydrogens (tertiary/aromatic N) is 2. The van der Waals surface area contributed by atoms with Gasteiger partial charge < -0.3 is 9.73 Å². The maximum atomic E-state index is 13.7. The third-order valence-corrected chi connectivity index (χ3v) is 4.47. The molecule has 1 N–H and O–H groups in total. The van der Waals surface area contributed by atoms with Crippen molar-refractivity contribution in [1.29, 1.82) is 0 Å². The number of hydrogen-bond acceptors (Lipinski definition) is 6. The van der Waals surface area contributed by atoms with Crippen LogP contribution in [0.4, 0.5) is 10.1 Å². The Kier molecular flexibility index (Phi) is 5.97. The molecule has 1 heterocycles. The average molecular weight is 385 g/mol. The quantitative estimate of drug-likeness (QED) is 0.485. The summed E-state index contributed by atoms with van der Waals surface area (Å²) in [5.74, 6) is -0.506. The summed E-state index contributed by atoms with van der Waals surface area (Å²) in [5, 5.41) is 10.6. The lowest BCUT2D eigenvalue weighted by atomic mass is 10.1. The van der Waals surface area contributed by atoms with E-state index < -0.39 is 5.82 Å². The molecule has 0 aliphatic heterocycles. The van der Waals surface area contributed by atoms with E-state index in [1.807, 2.05) is 0 Å². The fourth-order valence-corrected chi connectivity index (χ4v) is 2.87. The summed E-state index contributed by atoms with van der Waals surface area (Å²) in [6.45, 7) is 1.76. The largest absolute Gasteiger partial charge is 0.411 e. The van der Waals surface area contributed by atoms with E-state index >= 15 is 0 Å². The molecule has 27 heavy (non-hydrogen) atoms. The zero-order valence-electron chi connectivity index (χ0n) is 14.4. The Hall–Kier alpha value is -3.00. The minimum atomic E-state index is -0.455. The summed E-state index contributed by atoms with van der Waals surface area (Å²) in [6.07, 6.45) is 0.385. The second-order valence-electron chi connectivity index (χ2n) is 5.54. The standard InChI is InChI=1S/C19H16FN3O3S/c1-2-17(25)21-13-9-7-12(8-10-13)16(24)11-27-19-23-22-18(26-19)14-5-3-4-6-15(14)20/h3-10H,2,11H2,1H3,(H,21,25). The molecule has 8 heteroatoms. The van der Waals surface area contributed by atoms with Crippen LogP contribution in [0.1, 0.15) is 23.7 Å². The van der Waals surface area contributed by atoms with Gasteiger partial charge in [-0.25, -0.2) is 4.39 Å². The van der Waals surface area contributed by atoms with Crippen LogP contribution in [0, 0.1) is 5.82 Å². The van der Waals surface area contributed by atoms with Crippen LogP contribution < -0.4 is 5.32 Å². The highest BCUT2D eigenvalue weighted by Gasteiger charge is 2.14. The van der Waals surface area contributed by atoms with Crippen molar-refractivity contribution in [3.63, 3.8) is 0 Å². The molecule has 0 aliphatic rings. The summed E-state index contributed by atoms with van der Waals surface area (Å²) >= 11 is 1.08. The molecule has 3 rings (SSSR count). The minimum absolute atomic E-state index is 0.0686. The Bertz CT molecular complexity index is 957. The molecular formula is C19H16FN3O3S. The van der Waals surface area contributed by atoms with E-state index in [9.17, 15) is 14.0 Å². The van der Waals surface area contributed by atoms with Gasteiger partial charge in [0.2, 0.25) is 5.91 Å². The van der Waals surface area contributed by atoms with Gasteiger partial charge in [0.25, 0.3) is 11.1 Å². The first-order chi connectivity index (χ1) is 13.1. The number of halogens is 1. The molecule has 0 bridgehead atoms. The second kappa shape index (κ2) is 8.59. The molecule has 6 nitrogen and oxygen atoms in total. The van der Waals surface area contributed by atoms with Gasteiger partial charge in [-0.15, -0.1) is 10.2 Å². The highest BCUT2D eigenvalue weighted by Crippen LogP contribution is 2.25. The molecule has 1 aromatic heterocycles. The molecule has 0 saturated carbocycles. The normalized spacial score (nSPS) is 10.6. The van der Waals surface area contributed by atoms with Crippen LogP contribution in [0.15, 0.2) is 58.2 Å². The van der Waals surface area contributed by atoms with Crippen molar-refractivity contribution >= 4 is 29.1 Å². The summed E-state index contributed by atoms with van der Waals surface area (Å²) in [4.78, 5) is 23.6. The fourth-order valence-electron chi connectivity index (χ4n) is 2.21. The molecule has 1 amide bonds. The number of rotatable bonds is 7. The third kappa shape index (κ3) is 4.79. The van der Waals surface area contributed by atoms with Crippen LogP contribution in [0.5, 0.6) is 0 Å². The van der Waals surface area contributed by atoms with Gasteiger partial charge in [-0.2, -0.15) is 0 Å². The third-order valence-electron chi connectivity index (χ3n) is 3.65. The summed E-state index contributed by atoms with van der Waals surface area (Å²) in [7, 11) is 0. The number of hydrogen-bond donors (Lipinski definition) is 1. The molecule has 0 unspecified atom stereocenters. The van der Waals surface area contributed by atoms with Crippen molar-refractivity contribution in [2.24, 2.45) is 0 Å². The van der Waals surface area contributed by atoms with Crippen molar-refractivity contribution in [3.8, 4) is 11.5 Å². The van der Waals surface area contributed by atoms with Gasteiger partial charge in [-0.1, -0.05) is 30.8 Å². The van der Waals surface area contributed by atoms with Crippen LogP contribution >= 0.6 is 11.8 Å². The molecule has 0 saturated heterocycles. The summed E-state index contributed by atoms with van der Waals surface area (Å²) < 4.78 is 19.2. The highest BCUT2D eigenvalue weighted by atomic mass is 32.2. The Morgan fingerprint density at radius 2 is 1.85 bits per heavy atom. The molecule has 3 aromatic rings. The van der Waals surface area contributed by atoms with Gasteiger partial charge in [0.15, 0.2) is 5.78 Å². The highest BCUT2D eigenvalue weighted by molar-refractivity contribution is 7.99.